The number of aromatic nitrogens is 1. The molecular weight excluding hydrogens is 396 g/mol. The van der Waals surface area contributed by atoms with Crippen LogP contribution in [0.1, 0.15) is 5.56 Å². The molecule has 1 N–H and O–H groups in total. The summed E-state index contributed by atoms with van der Waals surface area (Å²) in [6, 6.07) is 11.2. The normalized spacial score (nSPS) is 14.4. The topological polar surface area (TPSA) is 57.7 Å². The number of aryl methyl sites for hydroxylation is 1. The third-order valence-electron chi connectivity index (χ3n) is 4.92. The highest BCUT2D eigenvalue weighted by atomic mass is 35.5. The van der Waals surface area contributed by atoms with Crippen molar-refractivity contribution in [2.45, 2.75) is 6.92 Å². The van der Waals surface area contributed by atoms with Crippen molar-refractivity contribution in [2.75, 3.05) is 43.5 Å². The van der Waals surface area contributed by atoms with Gasteiger partial charge in [0.25, 0.3) is 0 Å². The average Bonchev–Trinajstić information content (AvgIpc) is 3.16. The van der Waals surface area contributed by atoms with Crippen molar-refractivity contribution in [1.82, 2.24) is 9.88 Å². The monoisotopic (exact) mass is 416 g/mol. The van der Waals surface area contributed by atoms with E-state index in [-0.39, 0.29) is 6.03 Å². The summed E-state index contributed by atoms with van der Waals surface area (Å²) in [5.41, 5.74) is 2.73. The fourth-order valence-electron chi connectivity index (χ4n) is 3.20. The zero-order valence-electron chi connectivity index (χ0n) is 15.7. The number of carbonyl (C=O) groups is 1. The Morgan fingerprint density at radius 3 is 2.54 bits per heavy atom. The molecule has 1 fully saturated rings. The summed E-state index contributed by atoms with van der Waals surface area (Å²) < 4.78 is 6.27. The predicted molar refractivity (Wildman–Crippen MR) is 115 cm³/mol. The Labute approximate surface area is 172 Å². The lowest BCUT2D eigenvalue weighted by molar-refractivity contribution is 0.208. The SMILES string of the molecule is COc1ccc(NC(=O)N2CCN(c3nc4c(C)c(Cl)ccc4s3)CC2)cc1. The maximum absolute atomic E-state index is 12.5. The lowest BCUT2D eigenvalue weighted by Gasteiger charge is -2.34. The number of rotatable bonds is 3. The summed E-state index contributed by atoms with van der Waals surface area (Å²) in [4.78, 5) is 21.4. The summed E-state index contributed by atoms with van der Waals surface area (Å²) in [5, 5.41) is 4.66. The molecule has 8 heteroatoms. The number of urea groups is 1. The number of nitrogens with zero attached hydrogens (tertiary/aromatic N) is 3. The molecule has 0 spiro atoms. The Morgan fingerprint density at radius 2 is 1.86 bits per heavy atom. The molecule has 0 radical (unpaired) electrons. The minimum absolute atomic E-state index is 0.0863. The van der Waals surface area contributed by atoms with Gasteiger partial charge in [-0.25, -0.2) is 9.78 Å². The zero-order valence-corrected chi connectivity index (χ0v) is 17.3. The van der Waals surface area contributed by atoms with E-state index in [1.54, 1.807) is 18.4 Å². The van der Waals surface area contributed by atoms with Crippen molar-refractivity contribution in [3.8, 4) is 5.75 Å². The molecule has 0 bridgehead atoms. The maximum Gasteiger partial charge on any atom is 0.321 e. The van der Waals surface area contributed by atoms with Crippen LogP contribution in [0.25, 0.3) is 10.2 Å². The van der Waals surface area contributed by atoms with Crippen LogP contribution < -0.4 is 15.0 Å². The zero-order chi connectivity index (χ0) is 19.7. The van der Waals surface area contributed by atoms with Crippen molar-refractivity contribution in [2.24, 2.45) is 0 Å². The Hall–Kier alpha value is -2.51. The second kappa shape index (κ2) is 7.85. The minimum atomic E-state index is -0.0863. The van der Waals surface area contributed by atoms with Gasteiger partial charge < -0.3 is 19.9 Å². The molecule has 0 atom stereocenters. The fraction of sp³-hybridized carbons (Fsp3) is 0.300. The number of nitrogens with one attached hydrogen (secondary N) is 1. The summed E-state index contributed by atoms with van der Waals surface area (Å²) in [5.74, 6) is 0.763. The third kappa shape index (κ3) is 3.72. The molecule has 2 heterocycles. The van der Waals surface area contributed by atoms with Gasteiger partial charge >= 0.3 is 6.03 Å². The van der Waals surface area contributed by atoms with Crippen LogP contribution in [0.15, 0.2) is 36.4 Å². The number of ether oxygens (including phenoxy) is 1. The number of hydrogen-bond donors (Lipinski definition) is 1. The van der Waals surface area contributed by atoms with E-state index < -0.39 is 0 Å². The summed E-state index contributed by atoms with van der Waals surface area (Å²) in [6.45, 7) is 4.80. The van der Waals surface area contributed by atoms with Gasteiger partial charge in [0.15, 0.2) is 5.13 Å². The van der Waals surface area contributed by atoms with Gasteiger partial charge in [0.1, 0.15) is 5.75 Å². The standard InChI is InChI=1S/C20H21ClN4O2S/c1-13-16(21)7-8-17-18(13)23-20(28-17)25-11-9-24(10-12-25)19(26)22-14-3-5-15(27-2)6-4-14/h3-8H,9-12H2,1-2H3,(H,22,26). The van der Waals surface area contributed by atoms with Crippen LogP contribution in [-0.4, -0.2) is 49.2 Å². The summed E-state index contributed by atoms with van der Waals surface area (Å²) >= 11 is 7.88. The van der Waals surface area contributed by atoms with Crippen molar-refractivity contribution in [3.63, 3.8) is 0 Å². The van der Waals surface area contributed by atoms with E-state index in [0.29, 0.717) is 13.1 Å². The molecule has 2 aromatic carbocycles. The highest BCUT2D eigenvalue weighted by Crippen LogP contribution is 2.33. The molecule has 6 nitrogen and oxygen atoms in total. The second-order valence-corrected chi connectivity index (χ2v) is 8.06. The predicted octanol–water partition coefficient (Wildman–Crippen LogP) is 4.62. The van der Waals surface area contributed by atoms with Crippen LogP contribution >= 0.6 is 22.9 Å². The van der Waals surface area contributed by atoms with Gasteiger partial charge in [0, 0.05) is 36.9 Å². The number of amides is 2. The number of fused-ring (bicyclic) bond motifs is 1. The molecule has 1 saturated heterocycles. The van der Waals surface area contributed by atoms with Crippen LogP contribution in [0.4, 0.5) is 15.6 Å². The van der Waals surface area contributed by atoms with Crippen LogP contribution in [0, 0.1) is 6.92 Å². The summed E-state index contributed by atoms with van der Waals surface area (Å²) in [6.07, 6.45) is 0. The molecule has 1 aromatic heterocycles. The number of halogens is 1. The van der Waals surface area contributed by atoms with Crippen LogP contribution in [0.2, 0.25) is 5.02 Å². The van der Waals surface area contributed by atoms with Crippen molar-refractivity contribution >= 4 is 50.0 Å². The Morgan fingerprint density at radius 1 is 1.14 bits per heavy atom. The highest BCUT2D eigenvalue weighted by Gasteiger charge is 2.23. The lowest BCUT2D eigenvalue weighted by atomic mass is 10.2. The largest absolute Gasteiger partial charge is 0.497 e. The van der Waals surface area contributed by atoms with E-state index in [1.807, 2.05) is 48.2 Å². The number of benzene rings is 2. The molecule has 1 aliphatic rings. The Kier molecular flexibility index (Phi) is 5.28. The first kappa shape index (κ1) is 18.8. The van der Waals surface area contributed by atoms with Gasteiger partial charge in [-0.2, -0.15) is 0 Å². The van der Waals surface area contributed by atoms with Gasteiger partial charge in [-0.05, 0) is 48.9 Å². The molecule has 28 heavy (non-hydrogen) atoms. The number of anilines is 2. The molecule has 3 aromatic rings. The molecular formula is C20H21ClN4O2S. The molecule has 0 saturated carbocycles. The number of thiazole rings is 1. The van der Waals surface area contributed by atoms with Crippen LogP contribution in [0.3, 0.4) is 0 Å². The number of methoxy groups -OCH3 is 1. The fourth-order valence-corrected chi connectivity index (χ4v) is 4.43. The van der Waals surface area contributed by atoms with Crippen LogP contribution in [-0.2, 0) is 0 Å². The summed E-state index contributed by atoms with van der Waals surface area (Å²) in [7, 11) is 1.62. The number of carbonyl (C=O) groups excluding carboxylic acids is 1. The molecule has 2 amide bonds. The maximum atomic E-state index is 12.5. The molecule has 146 valence electrons. The quantitative estimate of drug-likeness (QED) is 0.676. The smallest absolute Gasteiger partial charge is 0.321 e. The van der Waals surface area contributed by atoms with Crippen LogP contribution in [0.5, 0.6) is 5.75 Å². The lowest BCUT2D eigenvalue weighted by Crippen LogP contribution is -2.50. The molecule has 1 aliphatic heterocycles. The number of piperazine rings is 1. The van der Waals surface area contributed by atoms with E-state index in [4.69, 9.17) is 21.3 Å². The first-order chi connectivity index (χ1) is 13.5. The van der Waals surface area contributed by atoms with E-state index in [1.165, 1.54) is 0 Å². The van der Waals surface area contributed by atoms with Gasteiger partial charge in [-0.1, -0.05) is 22.9 Å². The average molecular weight is 417 g/mol. The van der Waals surface area contributed by atoms with Gasteiger partial charge in [-0.3, -0.25) is 0 Å². The molecule has 0 aliphatic carbocycles. The third-order valence-corrected chi connectivity index (χ3v) is 6.41. The Balaban J connectivity index is 1.38. The molecule has 0 unspecified atom stereocenters. The Bertz CT molecular complexity index is 997. The van der Waals surface area contributed by atoms with E-state index in [0.717, 1.165) is 50.5 Å². The van der Waals surface area contributed by atoms with Gasteiger partial charge in [0.05, 0.1) is 17.3 Å². The van der Waals surface area contributed by atoms with Gasteiger partial charge in [-0.15, -0.1) is 0 Å². The number of hydrogen-bond acceptors (Lipinski definition) is 5. The van der Waals surface area contributed by atoms with E-state index in [2.05, 4.69) is 10.2 Å². The second-order valence-electron chi connectivity index (χ2n) is 6.65. The van der Waals surface area contributed by atoms with E-state index >= 15 is 0 Å². The first-order valence-corrected chi connectivity index (χ1v) is 10.2. The van der Waals surface area contributed by atoms with Crippen molar-refractivity contribution < 1.29 is 9.53 Å². The van der Waals surface area contributed by atoms with Gasteiger partial charge in [0.2, 0.25) is 0 Å². The minimum Gasteiger partial charge on any atom is -0.497 e. The van der Waals surface area contributed by atoms with E-state index in [9.17, 15) is 4.79 Å². The molecule has 4 rings (SSSR count). The van der Waals surface area contributed by atoms with Crippen molar-refractivity contribution in [3.05, 3.63) is 47.0 Å². The highest BCUT2D eigenvalue weighted by molar-refractivity contribution is 7.22. The van der Waals surface area contributed by atoms with Crippen molar-refractivity contribution in [1.29, 1.82) is 0 Å². The first-order valence-electron chi connectivity index (χ1n) is 9.06.